The Labute approximate surface area is 270 Å². The zero-order chi connectivity index (χ0) is 30.7. The van der Waals surface area contributed by atoms with Crippen LogP contribution in [0.3, 0.4) is 0 Å². The Balaban J connectivity index is 1.40. The monoisotopic (exact) mass is 676 g/mol. The van der Waals surface area contributed by atoms with Crippen LogP contribution in [0.15, 0.2) is 77.7 Å². The molecule has 4 aromatic carbocycles. The van der Waals surface area contributed by atoms with Crippen LogP contribution in [0.5, 0.6) is 11.5 Å². The van der Waals surface area contributed by atoms with Gasteiger partial charge in [0.2, 0.25) is 5.91 Å². The fourth-order valence-electron chi connectivity index (χ4n) is 4.25. The van der Waals surface area contributed by atoms with Crippen molar-refractivity contribution >= 4 is 87.3 Å². The molecular formula is C30H20Cl4N2O6S. The lowest BCUT2D eigenvalue weighted by atomic mass is 10.1. The molecule has 0 aromatic heterocycles. The number of anilines is 2. The molecule has 0 aliphatic carbocycles. The molecule has 2 amide bonds. The number of halogens is 4. The molecule has 5 rings (SSSR count). The van der Waals surface area contributed by atoms with E-state index in [0.717, 1.165) is 5.56 Å². The summed E-state index contributed by atoms with van der Waals surface area (Å²) in [6, 6.07) is 21.1. The number of aromatic carboxylic acids is 1. The molecule has 4 aromatic rings. The van der Waals surface area contributed by atoms with Gasteiger partial charge in [-0.3, -0.25) is 9.59 Å². The number of hydrogen-bond acceptors (Lipinski definition) is 6. The van der Waals surface area contributed by atoms with Gasteiger partial charge in [-0.15, -0.1) is 11.8 Å². The molecule has 0 saturated heterocycles. The number of carbonyl (C=O) groups is 3. The van der Waals surface area contributed by atoms with Gasteiger partial charge in [0.05, 0.1) is 31.2 Å². The molecule has 1 aliphatic rings. The summed E-state index contributed by atoms with van der Waals surface area (Å²) in [5, 5.41) is 13.3. The highest BCUT2D eigenvalue weighted by atomic mass is 35.5. The normalized spacial score (nSPS) is 12.7. The molecule has 13 heteroatoms. The second kappa shape index (κ2) is 13.4. The van der Waals surface area contributed by atoms with Gasteiger partial charge in [-0.2, -0.15) is 0 Å². The van der Waals surface area contributed by atoms with Gasteiger partial charge >= 0.3 is 5.97 Å². The van der Waals surface area contributed by atoms with Crippen LogP contribution >= 0.6 is 58.2 Å². The Bertz CT molecular complexity index is 1740. The smallest absolute Gasteiger partial charge is 0.338 e. The molecule has 1 heterocycles. The summed E-state index contributed by atoms with van der Waals surface area (Å²) >= 11 is 25.7. The standard InChI is InChI=1S/C30H20Cl4N2O6S/c31-23-21(22(30(39)40)24(32)26(34)25(23)33)28(37)35-16-7-4-8-18(13-16)43-27(15-5-2-1-3-6-15)29(38)36-17-9-10-19-20(14-17)42-12-11-41-19/h1-10,13-14,27H,11-12H2,(H,35,37)(H,36,38)(H,39,40). The van der Waals surface area contributed by atoms with Gasteiger partial charge in [-0.25, -0.2) is 4.79 Å². The predicted molar refractivity (Wildman–Crippen MR) is 169 cm³/mol. The fraction of sp³-hybridized carbons (Fsp3) is 0.100. The molecule has 3 N–H and O–H groups in total. The van der Waals surface area contributed by atoms with E-state index in [4.69, 9.17) is 55.9 Å². The lowest BCUT2D eigenvalue weighted by Gasteiger charge is -2.20. The first-order valence-corrected chi connectivity index (χ1v) is 15.0. The molecule has 0 saturated carbocycles. The molecule has 1 aliphatic heterocycles. The number of fused-ring (bicyclic) bond motifs is 1. The summed E-state index contributed by atoms with van der Waals surface area (Å²) in [7, 11) is 0. The number of carbonyl (C=O) groups excluding carboxylic acids is 2. The minimum absolute atomic E-state index is 0.248. The van der Waals surface area contributed by atoms with E-state index in [1.54, 1.807) is 42.5 Å². The molecule has 1 unspecified atom stereocenters. The molecule has 8 nitrogen and oxygen atoms in total. The van der Waals surface area contributed by atoms with Gasteiger partial charge < -0.3 is 25.2 Å². The number of thioether (sulfide) groups is 1. The first-order valence-electron chi connectivity index (χ1n) is 12.6. The summed E-state index contributed by atoms with van der Waals surface area (Å²) in [6.45, 7) is 0.877. The second-order valence-corrected chi connectivity index (χ2v) is 11.7. The number of carboxylic acids is 1. The van der Waals surface area contributed by atoms with E-state index in [1.807, 2.05) is 30.3 Å². The van der Waals surface area contributed by atoms with Crippen LogP contribution in [0, 0.1) is 0 Å². The van der Waals surface area contributed by atoms with Gasteiger partial charge in [0.1, 0.15) is 18.5 Å². The van der Waals surface area contributed by atoms with E-state index in [2.05, 4.69) is 10.6 Å². The summed E-state index contributed by atoms with van der Waals surface area (Å²) in [5.74, 6) is -1.50. The molecule has 0 fully saturated rings. The highest BCUT2D eigenvalue weighted by Gasteiger charge is 2.29. The molecule has 0 spiro atoms. The van der Waals surface area contributed by atoms with Crippen molar-refractivity contribution in [2.75, 3.05) is 23.8 Å². The molecule has 0 radical (unpaired) electrons. The van der Waals surface area contributed by atoms with Gasteiger partial charge in [0, 0.05) is 22.3 Å². The largest absolute Gasteiger partial charge is 0.486 e. The average Bonchev–Trinajstić information content (AvgIpc) is 3.00. The molecule has 220 valence electrons. The lowest BCUT2D eigenvalue weighted by Crippen LogP contribution is -2.20. The van der Waals surface area contributed by atoms with Crippen molar-refractivity contribution in [3.8, 4) is 11.5 Å². The maximum Gasteiger partial charge on any atom is 0.338 e. The number of ether oxygens (including phenoxy) is 2. The highest BCUT2D eigenvalue weighted by Crippen LogP contribution is 2.42. The van der Waals surface area contributed by atoms with E-state index in [-0.39, 0.29) is 21.0 Å². The lowest BCUT2D eigenvalue weighted by molar-refractivity contribution is -0.115. The number of amides is 2. The van der Waals surface area contributed by atoms with Crippen LogP contribution in [0.1, 0.15) is 31.5 Å². The number of benzene rings is 4. The van der Waals surface area contributed by atoms with Crippen molar-refractivity contribution in [3.63, 3.8) is 0 Å². The van der Waals surface area contributed by atoms with Gasteiger partial charge in [0.15, 0.2) is 11.5 Å². The molecule has 1 atom stereocenters. The Morgan fingerprint density at radius 2 is 1.37 bits per heavy atom. The summed E-state index contributed by atoms with van der Waals surface area (Å²) in [5.41, 5.74) is 0.587. The Morgan fingerprint density at radius 3 is 2.07 bits per heavy atom. The van der Waals surface area contributed by atoms with Crippen molar-refractivity contribution in [2.24, 2.45) is 0 Å². The van der Waals surface area contributed by atoms with Crippen molar-refractivity contribution < 1.29 is 29.0 Å². The van der Waals surface area contributed by atoms with Crippen LogP contribution in [-0.2, 0) is 4.79 Å². The predicted octanol–water partition coefficient (Wildman–Crippen LogP) is 8.49. The molecule has 0 bridgehead atoms. The van der Waals surface area contributed by atoms with Gasteiger partial charge in [0.25, 0.3) is 5.91 Å². The van der Waals surface area contributed by atoms with Crippen LogP contribution < -0.4 is 20.1 Å². The van der Waals surface area contributed by atoms with Crippen molar-refractivity contribution in [1.82, 2.24) is 0 Å². The highest BCUT2D eigenvalue weighted by molar-refractivity contribution is 8.00. The van der Waals surface area contributed by atoms with Gasteiger partial charge in [-0.05, 0) is 35.9 Å². The summed E-state index contributed by atoms with van der Waals surface area (Å²) < 4.78 is 11.2. The maximum atomic E-state index is 13.6. The summed E-state index contributed by atoms with van der Waals surface area (Å²) in [4.78, 5) is 39.4. The minimum atomic E-state index is -1.50. The molecule has 43 heavy (non-hydrogen) atoms. The minimum Gasteiger partial charge on any atom is -0.486 e. The number of hydrogen-bond donors (Lipinski definition) is 3. The first kappa shape index (κ1) is 30.8. The zero-order valence-corrected chi connectivity index (χ0v) is 25.7. The van der Waals surface area contributed by atoms with E-state index in [1.165, 1.54) is 11.8 Å². The van der Waals surface area contributed by atoms with Crippen molar-refractivity contribution in [3.05, 3.63) is 110 Å². The Morgan fingerprint density at radius 1 is 0.721 bits per heavy atom. The Kier molecular flexibility index (Phi) is 9.59. The number of nitrogens with one attached hydrogen (secondary N) is 2. The zero-order valence-electron chi connectivity index (χ0n) is 21.8. The fourth-order valence-corrected chi connectivity index (χ4v) is 6.36. The van der Waals surface area contributed by atoms with Gasteiger partial charge in [-0.1, -0.05) is 82.8 Å². The van der Waals surface area contributed by atoms with Crippen LogP contribution in [0.4, 0.5) is 11.4 Å². The third-order valence-electron chi connectivity index (χ3n) is 6.20. The Hall–Kier alpha value is -3.60. The number of rotatable bonds is 8. The maximum absolute atomic E-state index is 13.6. The number of carboxylic acid groups (broad SMARTS) is 1. The first-order chi connectivity index (χ1) is 20.6. The van der Waals surface area contributed by atoms with E-state index in [0.29, 0.717) is 41.0 Å². The van der Waals surface area contributed by atoms with Crippen LogP contribution in [0.25, 0.3) is 0 Å². The van der Waals surface area contributed by atoms with Crippen molar-refractivity contribution in [2.45, 2.75) is 10.1 Å². The van der Waals surface area contributed by atoms with Crippen LogP contribution in [0.2, 0.25) is 20.1 Å². The SMILES string of the molecule is O=C(O)c1c(Cl)c(Cl)c(Cl)c(Cl)c1C(=O)Nc1cccc(SC(C(=O)Nc2ccc3c(c2)OCCO3)c2ccccc2)c1. The molecular weight excluding hydrogens is 658 g/mol. The third kappa shape index (κ3) is 6.82. The third-order valence-corrected chi connectivity index (χ3v) is 9.25. The second-order valence-electron chi connectivity index (χ2n) is 9.05. The topological polar surface area (TPSA) is 114 Å². The quantitative estimate of drug-likeness (QED) is 0.0973. The van der Waals surface area contributed by atoms with Crippen molar-refractivity contribution in [1.29, 1.82) is 0 Å². The van der Waals surface area contributed by atoms with Crippen LogP contribution in [-0.4, -0.2) is 36.1 Å². The van der Waals surface area contributed by atoms with E-state index < -0.39 is 33.3 Å². The summed E-state index contributed by atoms with van der Waals surface area (Å²) in [6.07, 6.45) is 0. The average molecular weight is 678 g/mol. The van der Waals surface area contributed by atoms with E-state index in [9.17, 15) is 19.5 Å². The van der Waals surface area contributed by atoms with E-state index >= 15 is 0 Å².